The molecule has 0 spiro atoms. The molecule has 1 amide bonds. The highest BCUT2D eigenvalue weighted by atomic mass is 16.6. The van der Waals surface area contributed by atoms with Crippen molar-refractivity contribution < 1.29 is 19.7 Å². The fraction of sp³-hybridized carbons (Fsp3) is 0.0417. The van der Waals surface area contributed by atoms with Crippen molar-refractivity contribution in [2.45, 2.75) is 6.04 Å². The van der Waals surface area contributed by atoms with E-state index in [1.807, 2.05) is 12.1 Å². The smallest absolute Gasteiger partial charge is 0.289 e. The molecule has 164 valence electrons. The number of amides is 1. The van der Waals surface area contributed by atoms with Gasteiger partial charge in [0.1, 0.15) is 11.3 Å². The number of nitro groups is 2. The number of non-ortho nitro benzene ring substituents is 1. The van der Waals surface area contributed by atoms with E-state index in [0.717, 1.165) is 23.6 Å². The summed E-state index contributed by atoms with van der Waals surface area (Å²) in [5.74, 6) is -0.862. The molecule has 4 rings (SSSR count). The average Bonchev–Trinajstić information content (AvgIpc) is 2.83. The molecule has 0 fully saturated rings. The zero-order valence-corrected chi connectivity index (χ0v) is 17.0. The highest BCUT2D eigenvalue weighted by Gasteiger charge is 2.28. The third-order valence-corrected chi connectivity index (χ3v) is 5.28. The molecule has 0 aliphatic carbocycles. The zero-order chi connectivity index (χ0) is 23.5. The minimum absolute atomic E-state index is 0.0546. The number of nitro benzene ring substituents is 2. The maximum absolute atomic E-state index is 13.2. The van der Waals surface area contributed by atoms with Crippen LogP contribution >= 0.6 is 0 Å². The molecule has 0 saturated heterocycles. The predicted octanol–water partition coefficient (Wildman–Crippen LogP) is 4.88. The minimum atomic E-state index is -0.848. The lowest BCUT2D eigenvalue weighted by molar-refractivity contribution is -0.394. The van der Waals surface area contributed by atoms with E-state index in [1.54, 1.807) is 48.5 Å². The van der Waals surface area contributed by atoms with E-state index in [-0.39, 0.29) is 11.3 Å². The molecule has 0 heterocycles. The van der Waals surface area contributed by atoms with Gasteiger partial charge in [0.2, 0.25) is 0 Å². The number of carbonyl (C=O) groups excluding carboxylic acids is 1. The molecule has 4 aromatic carbocycles. The number of nitrogens with zero attached hydrogens (tertiary/aromatic N) is 2. The van der Waals surface area contributed by atoms with Gasteiger partial charge in [-0.15, -0.1) is 0 Å². The quantitative estimate of drug-likeness (QED) is 0.322. The summed E-state index contributed by atoms with van der Waals surface area (Å²) in [6.45, 7) is 0. The molecule has 0 aliphatic heterocycles. The molecule has 9 heteroatoms. The van der Waals surface area contributed by atoms with Crippen molar-refractivity contribution >= 4 is 28.1 Å². The summed E-state index contributed by atoms with van der Waals surface area (Å²) < 4.78 is 0. The number of carbonyl (C=O) groups is 1. The van der Waals surface area contributed by atoms with E-state index in [0.29, 0.717) is 16.5 Å². The molecule has 1 unspecified atom stereocenters. The molecular formula is C24H17N3O6. The van der Waals surface area contributed by atoms with Gasteiger partial charge < -0.3 is 10.4 Å². The fourth-order valence-electron chi connectivity index (χ4n) is 3.74. The number of benzene rings is 4. The van der Waals surface area contributed by atoms with Crippen LogP contribution in [0.3, 0.4) is 0 Å². The van der Waals surface area contributed by atoms with Crippen LogP contribution < -0.4 is 5.32 Å². The first-order valence-corrected chi connectivity index (χ1v) is 9.86. The number of rotatable bonds is 6. The summed E-state index contributed by atoms with van der Waals surface area (Å²) in [6, 6.07) is 21.4. The Balaban J connectivity index is 1.84. The number of phenols is 1. The molecule has 9 nitrogen and oxygen atoms in total. The van der Waals surface area contributed by atoms with Crippen LogP contribution in [0, 0.1) is 20.2 Å². The Morgan fingerprint density at radius 2 is 1.55 bits per heavy atom. The highest BCUT2D eigenvalue weighted by molar-refractivity contribution is 5.99. The topological polar surface area (TPSA) is 136 Å². The van der Waals surface area contributed by atoms with E-state index in [4.69, 9.17) is 0 Å². The van der Waals surface area contributed by atoms with Gasteiger partial charge in [-0.1, -0.05) is 60.7 Å². The Hall–Kier alpha value is -4.79. The lowest BCUT2D eigenvalue weighted by Gasteiger charge is -2.22. The molecule has 0 aliphatic rings. The van der Waals surface area contributed by atoms with Crippen molar-refractivity contribution in [3.8, 4) is 5.75 Å². The Bertz CT molecular complexity index is 1390. The average molecular weight is 443 g/mol. The van der Waals surface area contributed by atoms with Crippen molar-refractivity contribution in [3.05, 3.63) is 122 Å². The summed E-state index contributed by atoms with van der Waals surface area (Å²) >= 11 is 0. The summed E-state index contributed by atoms with van der Waals surface area (Å²) in [5.41, 5.74) is -0.439. The van der Waals surface area contributed by atoms with Crippen molar-refractivity contribution in [2.75, 3.05) is 0 Å². The number of nitrogens with one attached hydrogen (secondary N) is 1. The van der Waals surface area contributed by atoms with Crippen LogP contribution in [0.5, 0.6) is 5.75 Å². The largest absolute Gasteiger partial charge is 0.508 e. The number of phenolic OH excluding ortho intramolecular Hbond substituents is 1. The molecule has 0 saturated carbocycles. The normalized spacial score (nSPS) is 11.6. The van der Waals surface area contributed by atoms with Crippen LogP contribution in [0.25, 0.3) is 10.8 Å². The minimum Gasteiger partial charge on any atom is -0.508 e. The third-order valence-electron chi connectivity index (χ3n) is 5.28. The summed E-state index contributed by atoms with van der Waals surface area (Å²) in [7, 11) is 0. The number of fused-ring (bicyclic) bond motifs is 1. The molecule has 33 heavy (non-hydrogen) atoms. The van der Waals surface area contributed by atoms with Crippen LogP contribution in [0.2, 0.25) is 0 Å². The van der Waals surface area contributed by atoms with Crippen molar-refractivity contribution in [3.63, 3.8) is 0 Å². The van der Waals surface area contributed by atoms with Gasteiger partial charge in [0, 0.05) is 11.6 Å². The van der Waals surface area contributed by atoms with Gasteiger partial charge in [-0.25, -0.2) is 0 Å². The SMILES string of the molecule is O=C(NC(c1ccccc1)c1c(O)ccc2ccccc12)c1ccc([N+](=O)[O-])cc1[N+](=O)[O-]. The number of hydrogen-bond donors (Lipinski definition) is 2. The van der Waals surface area contributed by atoms with E-state index in [1.165, 1.54) is 6.07 Å². The van der Waals surface area contributed by atoms with Crippen LogP contribution in [-0.2, 0) is 0 Å². The number of hydrogen-bond acceptors (Lipinski definition) is 6. The molecule has 2 N–H and O–H groups in total. The van der Waals surface area contributed by atoms with Gasteiger partial charge in [-0.2, -0.15) is 0 Å². The Labute approximate surface area is 187 Å². The molecule has 4 aromatic rings. The van der Waals surface area contributed by atoms with Crippen LogP contribution in [-0.4, -0.2) is 20.9 Å². The van der Waals surface area contributed by atoms with E-state index in [2.05, 4.69) is 5.32 Å². The zero-order valence-electron chi connectivity index (χ0n) is 17.0. The van der Waals surface area contributed by atoms with Crippen LogP contribution in [0.1, 0.15) is 27.5 Å². The monoisotopic (exact) mass is 443 g/mol. The second kappa shape index (κ2) is 8.75. The van der Waals surface area contributed by atoms with Crippen molar-refractivity contribution in [1.82, 2.24) is 5.32 Å². The second-order valence-corrected chi connectivity index (χ2v) is 7.25. The van der Waals surface area contributed by atoms with Crippen molar-refractivity contribution in [1.29, 1.82) is 0 Å². The lowest BCUT2D eigenvalue weighted by atomic mass is 9.92. The van der Waals surface area contributed by atoms with Gasteiger partial charge >= 0.3 is 0 Å². The van der Waals surface area contributed by atoms with Crippen LogP contribution in [0.15, 0.2) is 84.9 Å². The molecule has 0 bridgehead atoms. The highest BCUT2D eigenvalue weighted by Crippen LogP contribution is 2.36. The Kier molecular flexibility index (Phi) is 5.69. The maximum Gasteiger partial charge on any atom is 0.289 e. The fourth-order valence-corrected chi connectivity index (χ4v) is 3.74. The summed E-state index contributed by atoms with van der Waals surface area (Å²) in [4.78, 5) is 34.1. The molecular weight excluding hydrogens is 426 g/mol. The van der Waals surface area contributed by atoms with E-state index >= 15 is 0 Å². The molecule has 0 aromatic heterocycles. The third kappa shape index (κ3) is 4.19. The van der Waals surface area contributed by atoms with E-state index in [9.17, 15) is 30.1 Å². The van der Waals surface area contributed by atoms with Crippen LogP contribution in [0.4, 0.5) is 11.4 Å². The first kappa shape index (κ1) is 21.4. The predicted molar refractivity (Wildman–Crippen MR) is 121 cm³/mol. The first-order valence-electron chi connectivity index (χ1n) is 9.86. The lowest BCUT2D eigenvalue weighted by Crippen LogP contribution is -2.30. The molecule has 0 radical (unpaired) electrons. The summed E-state index contributed by atoms with van der Waals surface area (Å²) in [6.07, 6.45) is 0. The van der Waals surface area contributed by atoms with Crippen molar-refractivity contribution in [2.24, 2.45) is 0 Å². The molecule has 1 atom stereocenters. The maximum atomic E-state index is 13.2. The Morgan fingerprint density at radius 3 is 2.24 bits per heavy atom. The second-order valence-electron chi connectivity index (χ2n) is 7.25. The van der Waals surface area contributed by atoms with Gasteiger partial charge in [0.25, 0.3) is 17.3 Å². The van der Waals surface area contributed by atoms with Gasteiger partial charge in [-0.3, -0.25) is 25.0 Å². The van der Waals surface area contributed by atoms with E-state index < -0.39 is 33.2 Å². The van der Waals surface area contributed by atoms with Gasteiger partial charge in [0.15, 0.2) is 0 Å². The van der Waals surface area contributed by atoms with Gasteiger partial charge in [0.05, 0.1) is 22.0 Å². The first-order chi connectivity index (χ1) is 15.9. The summed E-state index contributed by atoms with van der Waals surface area (Å²) in [5, 5.41) is 37.6. The standard InChI is InChI=1S/C24H17N3O6/c28-21-13-10-15-6-4-5-9-18(15)22(21)23(16-7-2-1-3-8-16)25-24(29)19-12-11-17(26(30)31)14-20(19)27(32)33/h1-14,23,28H,(H,25,29). The van der Waals surface area contributed by atoms with Gasteiger partial charge in [-0.05, 0) is 28.5 Å². The number of aromatic hydroxyl groups is 1. The Morgan fingerprint density at radius 1 is 0.848 bits per heavy atom.